The highest BCUT2D eigenvalue weighted by Crippen LogP contribution is 2.33. The fourth-order valence-electron chi connectivity index (χ4n) is 3.13. The van der Waals surface area contributed by atoms with Crippen molar-refractivity contribution in [2.45, 2.75) is 19.4 Å². The summed E-state index contributed by atoms with van der Waals surface area (Å²) in [5, 5.41) is 3.01. The molecule has 1 fully saturated rings. The number of hydrogen-bond acceptors (Lipinski definition) is 3. The molecule has 0 radical (unpaired) electrons. The molecule has 0 aliphatic carbocycles. The van der Waals surface area contributed by atoms with Gasteiger partial charge in [0.2, 0.25) is 11.8 Å². The van der Waals surface area contributed by atoms with Gasteiger partial charge in [0, 0.05) is 13.0 Å². The Morgan fingerprint density at radius 3 is 2.56 bits per heavy atom. The van der Waals surface area contributed by atoms with Gasteiger partial charge in [-0.3, -0.25) is 9.59 Å². The number of carbonyl (C=O) groups excluding carboxylic acids is 2. The van der Waals surface area contributed by atoms with Crippen molar-refractivity contribution in [3.05, 3.63) is 60.2 Å². The van der Waals surface area contributed by atoms with Crippen LogP contribution in [-0.4, -0.2) is 25.5 Å². The molecular weight excluding hydrogens is 316 g/mol. The number of methoxy groups -OCH3 is 1. The Labute approximate surface area is 147 Å². The van der Waals surface area contributed by atoms with Crippen LogP contribution in [0.25, 0.3) is 0 Å². The minimum Gasteiger partial charge on any atom is -0.495 e. The molecule has 5 nitrogen and oxygen atoms in total. The first-order valence-electron chi connectivity index (χ1n) is 8.39. The minimum absolute atomic E-state index is 0.0583. The van der Waals surface area contributed by atoms with Crippen LogP contribution in [0, 0.1) is 5.92 Å². The summed E-state index contributed by atoms with van der Waals surface area (Å²) in [6.45, 7) is 2.31. The van der Waals surface area contributed by atoms with E-state index >= 15 is 0 Å². The van der Waals surface area contributed by atoms with Crippen LogP contribution in [0.1, 0.15) is 24.9 Å². The van der Waals surface area contributed by atoms with Gasteiger partial charge >= 0.3 is 0 Å². The fraction of sp³-hybridized carbons (Fsp3) is 0.300. The first-order chi connectivity index (χ1) is 12.1. The summed E-state index contributed by atoms with van der Waals surface area (Å²) < 4.78 is 5.33. The summed E-state index contributed by atoms with van der Waals surface area (Å²) in [7, 11) is 1.57. The molecule has 2 aromatic rings. The number of carbonyl (C=O) groups is 2. The average Bonchev–Trinajstić information content (AvgIpc) is 3.04. The minimum atomic E-state index is -0.358. The molecule has 1 aliphatic rings. The lowest BCUT2D eigenvalue weighted by atomic mass is 10.1. The lowest BCUT2D eigenvalue weighted by molar-refractivity contribution is -0.126. The largest absolute Gasteiger partial charge is 0.495 e. The lowest BCUT2D eigenvalue weighted by Gasteiger charge is -2.20. The molecule has 130 valence electrons. The number of nitrogens with one attached hydrogen (secondary N) is 1. The van der Waals surface area contributed by atoms with Gasteiger partial charge in [-0.15, -0.1) is 0 Å². The van der Waals surface area contributed by atoms with E-state index in [2.05, 4.69) is 5.32 Å². The molecular formula is C20H22N2O3. The smallest absolute Gasteiger partial charge is 0.227 e. The zero-order chi connectivity index (χ0) is 17.8. The zero-order valence-electron chi connectivity index (χ0n) is 14.4. The Morgan fingerprint density at radius 1 is 1.16 bits per heavy atom. The van der Waals surface area contributed by atoms with E-state index in [9.17, 15) is 9.59 Å². The fourth-order valence-corrected chi connectivity index (χ4v) is 3.13. The number of amides is 2. The molecule has 0 unspecified atom stereocenters. The second kappa shape index (κ2) is 7.38. The summed E-state index contributed by atoms with van der Waals surface area (Å²) in [6.07, 6.45) is 0.214. The highest BCUT2D eigenvalue weighted by Gasteiger charge is 2.36. The Morgan fingerprint density at radius 2 is 1.84 bits per heavy atom. The molecule has 1 aliphatic heterocycles. The van der Waals surface area contributed by atoms with Gasteiger partial charge in [0.05, 0.1) is 24.8 Å². The normalized spacial score (nSPS) is 18.1. The van der Waals surface area contributed by atoms with Crippen molar-refractivity contribution in [2.24, 2.45) is 5.92 Å². The quantitative estimate of drug-likeness (QED) is 0.912. The third kappa shape index (κ3) is 3.65. The Kier molecular flexibility index (Phi) is 5.03. The van der Waals surface area contributed by atoms with Crippen LogP contribution in [0.15, 0.2) is 54.6 Å². The van der Waals surface area contributed by atoms with E-state index < -0.39 is 0 Å². The van der Waals surface area contributed by atoms with Gasteiger partial charge in [-0.1, -0.05) is 42.5 Å². The summed E-state index contributed by atoms with van der Waals surface area (Å²) in [6, 6.07) is 17.1. The van der Waals surface area contributed by atoms with E-state index in [4.69, 9.17) is 4.74 Å². The molecule has 0 aromatic heterocycles. The van der Waals surface area contributed by atoms with Crippen LogP contribution in [0.5, 0.6) is 5.75 Å². The molecule has 1 heterocycles. The summed E-state index contributed by atoms with van der Waals surface area (Å²) in [5.74, 6) is 0.122. The van der Waals surface area contributed by atoms with E-state index in [1.807, 2.05) is 61.5 Å². The monoisotopic (exact) mass is 338 g/mol. The van der Waals surface area contributed by atoms with Gasteiger partial charge in [0.1, 0.15) is 5.75 Å². The van der Waals surface area contributed by atoms with Crippen LogP contribution >= 0.6 is 0 Å². The number of rotatable bonds is 5. The van der Waals surface area contributed by atoms with Gasteiger partial charge in [-0.05, 0) is 24.6 Å². The molecule has 0 bridgehead atoms. The van der Waals surface area contributed by atoms with Crippen molar-refractivity contribution in [3.8, 4) is 5.75 Å². The maximum atomic E-state index is 12.6. The second-order valence-electron chi connectivity index (χ2n) is 6.22. The van der Waals surface area contributed by atoms with Crippen LogP contribution in [0.4, 0.5) is 5.69 Å². The SMILES string of the molecule is COc1ccccc1N1C[C@@H](C(=O)N[C@H](C)c2ccccc2)CC1=O. The Hall–Kier alpha value is -2.82. The predicted octanol–water partition coefficient (Wildman–Crippen LogP) is 2.93. The van der Waals surface area contributed by atoms with Crippen LogP contribution in [-0.2, 0) is 9.59 Å². The molecule has 1 N–H and O–H groups in total. The van der Waals surface area contributed by atoms with E-state index in [0.29, 0.717) is 18.0 Å². The van der Waals surface area contributed by atoms with E-state index in [0.717, 1.165) is 5.56 Å². The van der Waals surface area contributed by atoms with Gasteiger partial charge in [0.15, 0.2) is 0 Å². The van der Waals surface area contributed by atoms with E-state index in [1.165, 1.54) is 0 Å². The molecule has 2 aromatic carbocycles. The molecule has 0 saturated carbocycles. The zero-order valence-corrected chi connectivity index (χ0v) is 14.4. The molecule has 0 spiro atoms. The number of anilines is 1. The first kappa shape index (κ1) is 17.0. The number of hydrogen-bond donors (Lipinski definition) is 1. The number of nitrogens with zero attached hydrogens (tertiary/aromatic N) is 1. The lowest BCUT2D eigenvalue weighted by Crippen LogP contribution is -2.34. The third-order valence-corrected chi connectivity index (χ3v) is 4.53. The van der Waals surface area contributed by atoms with Crippen LogP contribution in [0.3, 0.4) is 0 Å². The maximum absolute atomic E-state index is 12.6. The Bertz CT molecular complexity index is 761. The van der Waals surface area contributed by atoms with E-state index in [1.54, 1.807) is 12.0 Å². The van der Waals surface area contributed by atoms with E-state index in [-0.39, 0.29) is 30.2 Å². The molecule has 3 rings (SSSR count). The predicted molar refractivity (Wildman–Crippen MR) is 96.5 cm³/mol. The Balaban J connectivity index is 1.69. The summed E-state index contributed by atoms with van der Waals surface area (Å²) in [4.78, 5) is 26.6. The van der Waals surface area contributed by atoms with Crippen molar-refractivity contribution < 1.29 is 14.3 Å². The van der Waals surface area contributed by atoms with Crippen molar-refractivity contribution in [3.63, 3.8) is 0 Å². The van der Waals surface area contributed by atoms with Crippen molar-refractivity contribution in [1.82, 2.24) is 5.32 Å². The standard InChI is InChI=1S/C20H22N2O3/c1-14(15-8-4-3-5-9-15)21-20(24)16-12-19(23)22(13-16)17-10-6-7-11-18(17)25-2/h3-11,14,16H,12-13H2,1-2H3,(H,21,24)/t14-,16+/m1/s1. The maximum Gasteiger partial charge on any atom is 0.227 e. The summed E-state index contributed by atoms with van der Waals surface area (Å²) >= 11 is 0. The molecule has 5 heteroatoms. The van der Waals surface area contributed by atoms with Crippen molar-refractivity contribution in [2.75, 3.05) is 18.6 Å². The highest BCUT2D eigenvalue weighted by atomic mass is 16.5. The van der Waals surface area contributed by atoms with Crippen LogP contribution < -0.4 is 15.0 Å². The molecule has 2 atom stereocenters. The first-order valence-corrected chi connectivity index (χ1v) is 8.39. The second-order valence-corrected chi connectivity index (χ2v) is 6.22. The van der Waals surface area contributed by atoms with Gasteiger partial charge in [-0.25, -0.2) is 0 Å². The van der Waals surface area contributed by atoms with Gasteiger partial charge in [-0.2, -0.15) is 0 Å². The number of para-hydroxylation sites is 2. The number of benzene rings is 2. The topological polar surface area (TPSA) is 58.6 Å². The van der Waals surface area contributed by atoms with Gasteiger partial charge in [0.25, 0.3) is 0 Å². The van der Waals surface area contributed by atoms with Crippen LogP contribution in [0.2, 0.25) is 0 Å². The number of ether oxygens (including phenoxy) is 1. The van der Waals surface area contributed by atoms with Gasteiger partial charge < -0.3 is 15.0 Å². The highest BCUT2D eigenvalue weighted by molar-refractivity contribution is 6.01. The molecule has 1 saturated heterocycles. The van der Waals surface area contributed by atoms with Crippen molar-refractivity contribution in [1.29, 1.82) is 0 Å². The van der Waals surface area contributed by atoms with Crippen molar-refractivity contribution >= 4 is 17.5 Å². The summed E-state index contributed by atoms with van der Waals surface area (Å²) in [5.41, 5.74) is 1.75. The molecule has 2 amide bonds. The average molecular weight is 338 g/mol. The molecule has 25 heavy (non-hydrogen) atoms. The third-order valence-electron chi connectivity index (χ3n) is 4.53.